The molecule has 0 heterocycles. The zero-order valence-corrected chi connectivity index (χ0v) is 12.8. The van der Waals surface area contributed by atoms with Gasteiger partial charge in [-0.05, 0) is 12.1 Å². The van der Waals surface area contributed by atoms with Crippen molar-refractivity contribution < 1.29 is 14.3 Å². The number of amidine groups is 1. The summed E-state index contributed by atoms with van der Waals surface area (Å²) in [5.74, 6) is 1.94. The summed E-state index contributed by atoms with van der Waals surface area (Å²) in [7, 11) is 3.25. The summed E-state index contributed by atoms with van der Waals surface area (Å²) in [6, 6.07) is 15.3. The highest BCUT2D eigenvalue weighted by atomic mass is 16.6. The van der Waals surface area contributed by atoms with Gasteiger partial charge in [-0.1, -0.05) is 41.6 Å². The number of benzene rings is 2. The Morgan fingerprint density at radius 1 is 0.909 bits per heavy atom. The number of nitrogens with zero attached hydrogens (tertiary/aromatic N) is 1. The third kappa shape index (κ3) is 4.15. The van der Waals surface area contributed by atoms with Crippen molar-refractivity contribution in [1.82, 2.24) is 0 Å². The molecule has 2 aromatic rings. The van der Waals surface area contributed by atoms with Crippen LogP contribution in [0.15, 0.2) is 53.7 Å². The van der Waals surface area contributed by atoms with Crippen LogP contribution >= 0.6 is 0 Å². The second-order valence-corrected chi connectivity index (χ2v) is 4.66. The van der Waals surface area contributed by atoms with Gasteiger partial charge in [0.15, 0.2) is 0 Å². The summed E-state index contributed by atoms with van der Waals surface area (Å²) in [5.41, 5.74) is 7.78. The highest BCUT2D eigenvalue weighted by Crippen LogP contribution is 2.19. The first-order valence-corrected chi connectivity index (χ1v) is 6.92. The van der Waals surface area contributed by atoms with Crippen LogP contribution < -0.4 is 15.2 Å². The fourth-order valence-corrected chi connectivity index (χ4v) is 2.08. The Balaban J connectivity index is 1.95. The molecule has 0 radical (unpaired) electrons. The van der Waals surface area contributed by atoms with E-state index in [0.29, 0.717) is 18.9 Å². The van der Waals surface area contributed by atoms with Crippen molar-refractivity contribution >= 4 is 5.84 Å². The van der Waals surface area contributed by atoms with Crippen molar-refractivity contribution in [2.75, 3.05) is 14.2 Å². The smallest absolute Gasteiger partial charge is 0.145 e. The average Bonchev–Trinajstić information content (AvgIpc) is 2.55. The summed E-state index contributed by atoms with van der Waals surface area (Å²) in [6.07, 6.45) is 0.468. The van der Waals surface area contributed by atoms with E-state index >= 15 is 0 Å². The van der Waals surface area contributed by atoms with E-state index < -0.39 is 0 Å². The van der Waals surface area contributed by atoms with Crippen molar-refractivity contribution in [1.29, 1.82) is 0 Å². The SMILES string of the molecule is COc1ccccc1CO/N=C(\N)Cc1ccccc1OC. The third-order valence-electron chi connectivity index (χ3n) is 3.16. The fourth-order valence-electron chi connectivity index (χ4n) is 2.08. The molecule has 0 aliphatic rings. The molecule has 0 unspecified atom stereocenters. The molecule has 0 amide bonds. The molecular formula is C17H20N2O3. The Labute approximate surface area is 130 Å². The molecule has 116 valence electrons. The van der Waals surface area contributed by atoms with Crippen LogP contribution in [-0.2, 0) is 17.9 Å². The largest absolute Gasteiger partial charge is 0.496 e. The van der Waals surface area contributed by atoms with Crippen LogP contribution in [0.1, 0.15) is 11.1 Å². The van der Waals surface area contributed by atoms with E-state index in [4.69, 9.17) is 20.0 Å². The number of ether oxygens (including phenoxy) is 2. The molecule has 2 N–H and O–H groups in total. The second kappa shape index (κ2) is 7.93. The van der Waals surface area contributed by atoms with Crippen molar-refractivity contribution in [3.8, 4) is 11.5 Å². The Hall–Kier alpha value is -2.69. The van der Waals surface area contributed by atoms with Gasteiger partial charge >= 0.3 is 0 Å². The lowest BCUT2D eigenvalue weighted by atomic mass is 10.1. The number of hydrogen-bond donors (Lipinski definition) is 1. The van der Waals surface area contributed by atoms with Crippen LogP contribution in [-0.4, -0.2) is 20.1 Å². The van der Waals surface area contributed by atoms with E-state index in [2.05, 4.69) is 5.16 Å². The lowest BCUT2D eigenvalue weighted by Gasteiger charge is -2.08. The number of rotatable bonds is 7. The maximum absolute atomic E-state index is 5.90. The van der Waals surface area contributed by atoms with Crippen molar-refractivity contribution in [2.24, 2.45) is 10.9 Å². The molecule has 0 bridgehead atoms. The predicted octanol–water partition coefficient (Wildman–Crippen LogP) is 2.74. The standard InChI is InChI=1S/C17H20N2O3/c1-20-15-9-5-3-7-13(15)11-17(18)19-22-12-14-8-4-6-10-16(14)21-2/h3-10H,11-12H2,1-2H3,(H2,18,19). The zero-order valence-electron chi connectivity index (χ0n) is 12.8. The molecule has 0 aliphatic heterocycles. The Bertz CT molecular complexity index is 641. The second-order valence-electron chi connectivity index (χ2n) is 4.66. The molecule has 5 nitrogen and oxygen atoms in total. The van der Waals surface area contributed by atoms with E-state index in [1.165, 1.54) is 0 Å². The minimum atomic E-state index is 0.302. The molecule has 2 aromatic carbocycles. The molecular weight excluding hydrogens is 280 g/mol. The van der Waals surface area contributed by atoms with Gasteiger partial charge in [0.05, 0.1) is 14.2 Å². The van der Waals surface area contributed by atoms with Gasteiger partial charge in [-0.3, -0.25) is 0 Å². The van der Waals surface area contributed by atoms with Crippen molar-refractivity contribution in [3.63, 3.8) is 0 Å². The number of nitrogens with two attached hydrogens (primary N) is 1. The maximum Gasteiger partial charge on any atom is 0.145 e. The van der Waals surface area contributed by atoms with E-state index in [1.54, 1.807) is 14.2 Å². The summed E-state index contributed by atoms with van der Waals surface area (Å²) < 4.78 is 10.5. The molecule has 0 saturated carbocycles. The fraction of sp³-hybridized carbons (Fsp3) is 0.235. The molecule has 0 saturated heterocycles. The van der Waals surface area contributed by atoms with Gasteiger partial charge in [-0.25, -0.2) is 0 Å². The normalized spacial score (nSPS) is 11.1. The Kier molecular flexibility index (Phi) is 5.65. The predicted molar refractivity (Wildman–Crippen MR) is 86.1 cm³/mol. The van der Waals surface area contributed by atoms with E-state index in [1.807, 2.05) is 48.5 Å². The highest BCUT2D eigenvalue weighted by Gasteiger charge is 2.05. The van der Waals surface area contributed by atoms with Crippen LogP contribution in [0.3, 0.4) is 0 Å². The lowest BCUT2D eigenvalue weighted by molar-refractivity contribution is 0.127. The van der Waals surface area contributed by atoms with E-state index in [0.717, 1.165) is 22.6 Å². The van der Waals surface area contributed by atoms with Gasteiger partial charge in [-0.2, -0.15) is 0 Å². The molecule has 0 atom stereocenters. The zero-order chi connectivity index (χ0) is 15.8. The molecule has 2 rings (SSSR count). The van der Waals surface area contributed by atoms with Crippen molar-refractivity contribution in [3.05, 3.63) is 59.7 Å². The molecule has 0 spiro atoms. The number of para-hydroxylation sites is 2. The van der Waals surface area contributed by atoms with Crippen LogP contribution in [0.4, 0.5) is 0 Å². The Morgan fingerprint density at radius 3 is 2.09 bits per heavy atom. The number of oxime groups is 1. The van der Waals surface area contributed by atoms with Gasteiger partial charge in [0, 0.05) is 17.5 Å². The van der Waals surface area contributed by atoms with Gasteiger partial charge in [0.25, 0.3) is 0 Å². The topological polar surface area (TPSA) is 66.1 Å². The monoisotopic (exact) mass is 300 g/mol. The molecule has 0 aromatic heterocycles. The Morgan fingerprint density at radius 2 is 1.45 bits per heavy atom. The van der Waals surface area contributed by atoms with Gasteiger partial charge in [-0.15, -0.1) is 0 Å². The van der Waals surface area contributed by atoms with Crippen LogP contribution in [0.5, 0.6) is 11.5 Å². The van der Waals surface area contributed by atoms with Crippen LogP contribution in [0.2, 0.25) is 0 Å². The first kappa shape index (κ1) is 15.7. The van der Waals surface area contributed by atoms with Gasteiger partial charge in [0.2, 0.25) is 0 Å². The molecule has 0 aliphatic carbocycles. The quantitative estimate of drug-likeness (QED) is 0.485. The van der Waals surface area contributed by atoms with E-state index in [9.17, 15) is 0 Å². The summed E-state index contributed by atoms with van der Waals surface area (Å²) in [4.78, 5) is 5.31. The maximum atomic E-state index is 5.90. The van der Waals surface area contributed by atoms with Gasteiger partial charge < -0.3 is 20.0 Å². The van der Waals surface area contributed by atoms with Crippen LogP contribution in [0, 0.1) is 0 Å². The summed E-state index contributed by atoms with van der Waals surface area (Å²) in [5, 5.41) is 3.95. The molecule has 5 heteroatoms. The van der Waals surface area contributed by atoms with Crippen LogP contribution in [0.25, 0.3) is 0 Å². The van der Waals surface area contributed by atoms with Gasteiger partial charge in [0.1, 0.15) is 23.9 Å². The minimum absolute atomic E-state index is 0.302. The highest BCUT2D eigenvalue weighted by molar-refractivity contribution is 5.82. The average molecular weight is 300 g/mol. The minimum Gasteiger partial charge on any atom is -0.496 e. The first-order chi connectivity index (χ1) is 10.7. The first-order valence-electron chi connectivity index (χ1n) is 6.92. The number of hydrogen-bond acceptors (Lipinski definition) is 4. The number of methoxy groups -OCH3 is 2. The van der Waals surface area contributed by atoms with Crippen molar-refractivity contribution in [2.45, 2.75) is 13.0 Å². The van der Waals surface area contributed by atoms with E-state index in [-0.39, 0.29) is 0 Å². The lowest BCUT2D eigenvalue weighted by Crippen LogP contribution is -2.16. The molecule has 22 heavy (non-hydrogen) atoms. The third-order valence-corrected chi connectivity index (χ3v) is 3.16. The summed E-state index contributed by atoms with van der Waals surface area (Å²) >= 11 is 0. The molecule has 0 fully saturated rings. The summed E-state index contributed by atoms with van der Waals surface area (Å²) in [6.45, 7) is 0.302.